The zero-order valence-electron chi connectivity index (χ0n) is 46.9. The van der Waals surface area contributed by atoms with E-state index in [1.807, 2.05) is 91.0 Å². The third-order valence-electron chi connectivity index (χ3n) is 15.1. The molecule has 0 spiro atoms. The fourth-order valence-electron chi connectivity index (χ4n) is 10.6. The largest absolute Gasteiger partial charge is 0.444 e. The minimum atomic E-state index is -1.12. The Morgan fingerprint density at radius 1 is 0.800 bits per heavy atom. The lowest BCUT2D eigenvalue weighted by atomic mass is 9.92. The second-order valence-corrected chi connectivity index (χ2v) is 23.2. The maximum Gasteiger partial charge on any atom is 0.408 e. The predicted octanol–water partition coefficient (Wildman–Crippen LogP) is 4.91. The summed E-state index contributed by atoms with van der Waals surface area (Å²) in [5.74, 6) is -2.44. The van der Waals surface area contributed by atoms with Crippen molar-refractivity contribution in [3.63, 3.8) is 0 Å². The third-order valence-corrected chi connectivity index (χ3v) is 16.1. The van der Waals surface area contributed by atoms with Crippen LogP contribution in [-0.4, -0.2) is 160 Å². The Morgan fingerprint density at radius 2 is 1.46 bits per heavy atom. The average Bonchev–Trinajstić information content (AvgIpc) is 4.36. The smallest absolute Gasteiger partial charge is 0.408 e. The molecule has 3 aliphatic heterocycles. The molecule has 9 atom stereocenters. The standard InChI is InChI=1S/C57H76N14O8S/c1-9-45(58-56(77)79-57(4,5)6)51(73)61-49-40(27-28-42-29-30-46(71(42)54(49)76)52(74)60-48(38-20-13-10-14-21-38)39-22-15-11-16-23-39)32-68-33-41(62-65-68)35-78-37(3)47(59-50(72)36(2)67(7)8)53(75)69-31-19-24-43(69)34-70-55(63-64-66-70)80-44-25-17-12-18-26-44/h10-18,20-23,25-26,33,36-37,40,42-43,45-49H,9,19,24,27-32,34-35H2,1-8H3,(H,58,77)(H,59,72)(H,60,74)(H,61,73)/t36-,37+,40+,42-,43-,45-,46-,47-,49-/m0/s1. The molecular weight excluding hydrogens is 1040 g/mol. The molecule has 0 saturated carbocycles. The molecule has 23 heteroatoms. The van der Waals surface area contributed by atoms with Gasteiger partial charge in [0, 0.05) is 29.9 Å². The molecule has 0 radical (unpaired) electrons. The Labute approximate surface area is 471 Å². The van der Waals surface area contributed by atoms with Gasteiger partial charge in [-0.2, -0.15) is 0 Å². The van der Waals surface area contributed by atoms with Crippen molar-refractivity contribution >= 4 is 47.4 Å². The molecule has 22 nitrogen and oxygen atoms in total. The van der Waals surface area contributed by atoms with E-state index in [9.17, 15) is 24.0 Å². The van der Waals surface area contributed by atoms with Gasteiger partial charge in [-0.05, 0) is 139 Å². The number of alkyl carbamates (subject to hydrolysis) is 1. The number of rotatable bonds is 22. The summed E-state index contributed by atoms with van der Waals surface area (Å²) in [4.78, 5) is 91.6. The van der Waals surface area contributed by atoms with Crippen molar-refractivity contribution in [2.45, 2.75) is 176 Å². The number of likely N-dealkylation sites (N-methyl/N-ethyl adjacent to an activating group) is 1. The fourth-order valence-corrected chi connectivity index (χ4v) is 11.4. The van der Waals surface area contributed by atoms with E-state index in [2.05, 4.69) is 47.1 Å². The van der Waals surface area contributed by atoms with E-state index in [4.69, 9.17) is 9.47 Å². The lowest BCUT2D eigenvalue weighted by Gasteiger charge is -2.33. The predicted molar refractivity (Wildman–Crippen MR) is 297 cm³/mol. The summed E-state index contributed by atoms with van der Waals surface area (Å²) < 4.78 is 15.2. The van der Waals surface area contributed by atoms with Crippen molar-refractivity contribution in [2.24, 2.45) is 5.92 Å². The van der Waals surface area contributed by atoms with Gasteiger partial charge >= 0.3 is 6.09 Å². The van der Waals surface area contributed by atoms with Crippen molar-refractivity contribution < 1.29 is 38.2 Å². The number of aromatic nitrogens is 7. The van der Waals surface area contributed by atoms with Crippen molar-refractivity contribution in [3.8, 4) is 0 Å². The van der Waals surface area contributed by atoms with Crippen LogP contribution >= 0.6 is 11.8 Å². The third kappa shape index (κ3) is 15.0. The van der Waals surface area contributed by atoms with Crippen LogP contribution in [0.5, 0.6) is 0 Å². The molecule has 0 bridgehead atoms. The minimum Gasteiger partial charge on any atom is -0.444 e. The van der Waals surface area contributed by atoms with Crippen molar-refractivity contribution in [1.82, 2.24) is 71.2 Å². The second-order valence-electron chi connectivity index (χ2n) is 22.1. The molecule has 3 aromatic carbocycles. The number of fused-ring (bicyclic) bond motifs is 1. The van der Waals surface area contributed by atoms with Gasteiger partial charge < -0.3 is 40.5 Å². The van der Waals surface area contributed by atoms with E-state index in [1.54, 1.807) is 85.9 Å². The molecule has 428 valence electrons. The number of carbonyl (C=O) groups is 6. The van der Waals surface area contributed by atoms with E-state index >= 15 is 4.79 Å². The highest BCUT2D eigenvalue weighted by molar-refractivity contribution is 7.99. The van der Waals surface area contributed by atoms with Crippen molar-refractivity contribution in [1.29, 1.82) is 0 Å². The normalized spacial score (nSPS) is 20.8. The molecule has 0 unspecified atom stereocenters. The Hall–Kier alpha value is -7.24. The summed E-state index contributed by atoms with van der Waals surface area (Å²) in [5.41, 5.74) is 1.39. The molecule has 80 heavy (non-hydrogen) atoms. The molecule has 0 aliphatic carbocycles. The van der Waals surface area contributed by atoms with Crippen LogP contribution in [0.25, 0.3) is 0 Å². The van der Waals surface area contributed by atoms with Gasteiger partial charge in [0.1, 0.15) is 35.5 Å². The van der Waals surface area contributed by atoms with E-state index in [0.717, 1.165) is 22.4 Å². The Bertz CT molecular complexity index is 2850. The Morgan fingerprint density at radius 3 is 2.11 bits per heavy atom. The topological polar surface area (TPSA) is 253 Å². The van der Waals surface area contributed by atoms with Gasteiger partial charge in [-0.3, -0.25) is 33.6 Å². The molecule has 2 aromatic heterocycles. The van der Waals surface area contributed by atoms with Crippen LogP contribution in [0.1, 0.15) is 109 Å². The van der Waals surface area contributed by atoms with Crippen LogP contribution < -0.4 is 21.3 Å². The van der Waals surface area contributed by atoms with E-state index in [1.165, 1.54) is 11.8 Å². The van der Waals surface area contributed by atoms with Gasteiger partial charge in [-0.15, -0.1) is 10.2 Å². The summed E-state index contributed by atoms with van der Waals surface area (Å²) in [6.45, 7) is 11.3. The summed E-state index contributed by atoms with van der Waals surface area (Å²) in [5, 5.41) is 33.8. The highest BCUT2D eigenvalue weighted by Crippen LogP contribution is 2.36. The van der Waals surface area contributed by atoms with Gasteiger partial charge in [-0.1, -0.05) is 91.0 Å². The van der Waals surface area contributed by atoms with Crippen LogP contribution in [0.15, 0.2) is 107 Å². The molecular formula is C57H76N14O8S. The van der Waals surface area contributed by atoms with Crippen LogP contribution in [-0.2, 0) is 53.1 Å². The number of amides is 6. The Balaban J connectivity index is 0.986. The molecule has 8 rings (SSSR count). The number of hydrogen-bond acceptors (Lipinski definition) is 15. The van der Waals surface area contributed by atoms with Crippen molar-refractivity contribution in [2.75, 3.05) is 20.6 Å². The van der Waals surface area contributed by atoms with Gasteiger partial charge in [0.15, 0.2) is 0 Å². The highest BCUT2D eigenvalue weighted by Gasteiger charge is 2.48. The number of likely N-dealkylation sites (tertiary alicyclic amines) is 1. The first kappa shape index (κ1) is 58.9. The minimum absolute atomic E-state index is 0.0734. The monoisotopic (exact) mass is 1120 g/mol. The van der Waals surface area contributed by atoms with Gasteiger partial charge in [0.05, 0.1) is 43.6 Å². The van der Waals surface area contributed by atoms with Crippen LogP contribution in [0.3, 0.4) is 0 Å². The summed E-state index contributed by atoms with van der Waals surface area (Å²) >= 11 is 1.43. The number of hydrogen-bond donors (Lipinski definition) is 4. The molecule has 3 saturated heterocycles. The number of nitrogens with zero attached hydrogens (tertiary/aromatic N) is 10. The SMILES string of the molecule is CC[C@H](NC(=O)OC(C)(C)C)C(=O)N[C@@H]1C(=O)N2[C@@H](CC[C@@H]1Cn1cc(CO[C@H](C)[C@H](NC(=O)[C@H](C)N(C)C)C(=O)N3CCC[C@H]3Cn3nnnc3Sc3ccccc3)nn1)CC[C@H]2C(=O)NC(c1ccccc1)c1ccccc1. The zero-order valence-corrected chi connectivity index (χ0v) is 47.8. The lowest BCUT2D eigenvalue weighted by Crippen LogP contribution is -2.59. The zero-order chi connectivity index (χ0) is 57.1. The van der Waals surface area contributed by atoms with Crippen LogP contribution in [0.4, 0.5) is 4.79 Å². The number of carbonyl (C=O) groups excluding carboxylic acids is 6. The van der Waals surface area contributed by atoms with E-state index < -0.39 is 71.8 Å². The number of ether oxygens (including phenoxy) is 2. The quantitative estimate of drug-likeness (QED) is 0.0719. The molecule has 4 N–H and O–H groups in total. The summed E-state index contributed by atoms with van der Waals surface area (Å²) in [7, 11) is 3.58. The molecule has 3 fully saturated rings. The lowest BCUT2D eigenvalue weighted by molar-refractivity contribution is -0.144. The maximum atomic E-state index is 15.2. The van der Waals surface area contributed by atoms with Gasteiger partial charge in [-0.25, -0.2) is 9.48 Å². The molecule has 6 amide bonds. The van der Waals surface area contributed by atoms with Crippen LogP contribution in [0.2, 0.25) is 0 Å². The first-order valence-corrected chi connectivity index (χ1v) is 28.5. The van der Waals surface area contributed by atoms with E-state index in [-0.39, 0.29) is 49.4 Å². The molecule has 5 heterocycles. The number of benzene rings is 3. The number of tetrazole rings is 1. The summed E-state index contributed by atoms with van der Waals surface area (Å²) in [6.07, 6.45) is 3.84. The maximum absolute atomic E-state index is 15.2. The molecule has 3 aliphatic rings. The fraction of sp³-hybridized carbons (Fsp3) is 0.526. The van der Waals surface area contributed by atoms with Gasteiger partial charge in [0.2, 0.25) is 34.7 Å². The second kappa shape index (κ2) is 26.8. The van der Waals surface area contributed by atoms with Crippen LogP contribution in [0, 0.1) is 5.92 Å². The van der Waals surface area contributed by atoms with E-state index in [0.29, 0.717) is 56.0 Å². The summed E-state index contributed by atoms with van der Waals surface area (Å²) in [6, 6.07) is 23.5. The average molecular weight is 1120 g/mol. The first-order chi connectivity index (χ1) is 38.4. The van der Waals surface area contributed by atoms with Gasteiger partial charge in [0.25, 0.3) is 0 Å². The first-order valence-electron chi connectivity index (χ1n) is 27.7. The van der Waals surface area contributed by atoms with Crippen molar-refractivity contribution in [3.05, 3.63) is 114 Å². The molecule has 5 aromatic rings. The Kier molecular flexibility index (Phi) is 19.7. The number of nitrogens with one attached hydrogen (secondary N) is 4. The highest BCUT2D eigenvalue weighted by atomic mass is 32.2.